The van der Waals surface area contributed by atoms with Crippen molar-refractivity contribution in [2.45, 2.75) is 73.1 Å². The summed E-state index contributed by atoms with van der Waals surface area (Å²) in [5.41, 5.74) is -0.952. The van der Waals surface area contributed by atoms with Gasteiger partial charge in [-0.3, -0.25) is 4.79 Å². The monoisotopic (exact) mass is 560 g/mol. The summed E-state index contributed by atoms with van der Waals surface area (Å²) in [6.45, 7) is 3.07. The zero-order chi connectivity index (χ0) is 27.8. The van der Waals surface area contributed by atoms with E-state index in [0.29, 0.717) is 24.8 Å². The van der Waals surface area contributed by atoms with Crippen molar-refractivity contribution in [2.75, 3.05) is 6.26 Å². The van der Waals surface area contributed by atoms with Crippen molar-refractivity contribution in [1.29, 1.82) is 0 Å². The lowest BCUT2D eigenvalue weighted by Crippen LogP contribution is -2.38. The fourth-order valence-electron chi connectivity index (χ4n) is 4.97. The number of benzene rings is 2. The molecule has 1 saturated carbocycles. The summed E-state index contributed by atoms with van der Waals surface area (Å²) in [5, 5.41) is 9.58. The van der Waals surface area contributed by atoms with Crippen LogP contribution < -0.4 is 0 Å². The number of rotatable bonds is 10. The summed E-state index contributed by atoms with van der Waals surface area (Å²) in [5.74, 6) is -0.177. The molecule has 0 saturated heterocycles. The van der Waals surface area contributed by atoms with Crippen LogP contribution in [0.25, 0.3) is 0 Å². The first kappa shape index (κ1) is 29.2. The van der Waals surface area contributed by atoms with E-state index in [4.69, 9.17) is 0 Å². The SMILES string of the molecule is CC(C)(CC1CC(CCCC(=O)c2ccc(O)cc2S(C)(=O)=O)C1)S(=O)(=O)c1cccc(C(F)(F)F)c1. The Kier molecular flexibility index (Phi) is 8.20. The number of carbonyl (C=O) groups is 1. The maximum Gasteiger partial charge on any atom is 0.416 e. The normalized spacial score (nSPS) is 18.9. The van der Waals surface area contributed by atoms with Gasteiger partial charge in [0.05, 0.1) is 20.1 Å². The van der Waals surface area contributed by atoms with Gasteiger partial charge in [0.2, 0.25) is 0 Å². The van der Waals surface area contributed by atoms with Gasteiger partial charge in [0.25, 0.3) is 0 Å². The van der Waals surface area contributed by atoms with Gasteiger partial charge in [-0.05, 0) is 94.2 Å². The summed E-state index contributed by atoms with van der Waals surface area (Å²) in [4.78, 5) is 12.1. The van der Waals surface area contributed by atoms with Crippen molar-refractivity contribution >= 4 is 25.5 Å². The van der Waals surface area contributed by atoms with E-state index in [1.807, 2.05) is 0 Å². The fourth-order valence-corrected chi connectivity index (χ4v) is 7.52. The molecule has 2 aromatic rings. The average molecular weight is 561 g/mol. The number of sulfone groups is 2. The zero-order valence-corrected chi connectivity index (χ0v) is 22.5. The van der Waals surface area contributed by atoms with Crippen LogP contribution in [-0.4, -0.2) is 38.7 Å². The number of carbonyl (C=O) groups excluding carboxylic acids is 1. The van der Waals surface area contributed by atoms with E-state index in [2.05, 4.69) is 0 Å². The Bertz CT molecular complexity index is 1370. The number of halogens is 3. The van der Waals surface area contributed by atoms with Crippen LogP contribution in [0.4, 0.5) is 13.2 Å². The lowest BCUT2D eigenvalue weighted by molar-refractivity contribution is -0.137. The van der Waals surface area contributed by atoms with Crippen molar-refractivity contribution in [3.05, 3.63) is 53.6 Å². The molecule has 204 valence electrons. The smallest absolute Gasteiger partial charge is 0.416 e. The average Bonchev–Trinajstić information content (AvgIpc) is 2.75. The third kappa shape index (κ3) is 6.73. The van der Waals surface area contributed by atoms with Gasteiger partial charge >= 0.3 is 6.18 Å². The van der Waals surface area contributed by atoms with Crippen LogP contribution in [0.1, 0.15) is 68.3 Å². The van der Waals surface area contributed by atoms with Crippen LogP contribution in [0.5, 0.6) is 5.75 Å². The second kappa shape index (κ2) is 10.4. The zero-order valence-electron chi connectivity index (χ0n) is 20.9. The van der Waals surface area contributed by atoms with Crippen LogP contribution in [0.3, 0.4) is 0 Å². The number of phenolic OH excluding ortho intramolecular Hbond substituents is 1. The quantitative estimate of drug-likeness (QED) is 0.366. The van der Waals surface area contributed by atoms with Crippen LogP contribution >= 0.6 is 0 Å². The minimum Gasteiger partial charge on any atom is -0.508 e. The molecular weight excluding hydrogens is 529 g/mol. The highest BCUT2D eigenvalue weighted by atomic mass is 32.2. The Balaban J connectivity index is 1.54. The lowest BCUT2D eigenvalue weighted by Gasteiger charge is -2.40. The molecule has 0 radical (unpaired) electrons. The van der Waals surface area contributed by atoms with E-state index >= 15 is 0 Å². The molecule has 1 aliphatic rings. The molecule has 1 fully saturated rings. The Morgan fingerprint density at radius 3 is 2.24 bits per heavy atom. The third-order valence-corrected chi connectivity index (χ3v) is 10.6. The third-order valence-electron chi connectivity index (χ3n) is 6.99. The highest BCUT2D eigenvalue weighted by Crippen LogP contribution is 2.44. The van der Waals surface area contributed by atoms with Gasteiger partial charge in [0, 0.05) is 18.2 Å². The largest absolute Gasteiger partial charge is 0.508 e. The number of hydrogen-bond donors (Lipinski definition) is 1. The first-order chi connectivity index (χ1) is 16.9. The maximum absolute atomic E-state index is 13.1. The highest BCUT2D eigenvalue weighted by molar-refractivity contribution is 7.92. The van der Waals surface area contributed by atoms with Gasteiger partial charge in [-0.1, -0.05) is 6.07 Å². The van der Waals surface area contributed by atoms with Crippen LogP contribution in [0.2, 0.25) is 0 Å². The Morgan fingerprint density at radius 1 is 1.00 bits per heavy atom. The molecule has 0 heterocycles. The summed E-state index contributed by atoms with van der Waals surface area (Å²) in [7, 11) is -7.69. The standard InChI is InChI=1S/C26H31F3O6S2/c1-25(2,37(34,35)21-8-5-7-19(14-21)26(27,28)29)16-18-12-17(13-18)6-4-9-23(31)22-11-10-20(30)15-24(22)36(3,32)33/h5,7-8,10-11,14-15,17-18,30H,4,6,9,12-13,16H2,1-3H3. The summed E-state index contributed by atoms with van der Waals surface area (Å²) < 4.78 is 88.1. The molecule has 2 aromatic carbocycles. The molecule has 0 bridgehead atoms. The molecule has 0 atom stereocenters. The first-order valence-electron chi connectivity index (χ1n) is 11.9. The van der Waals surface area contributed by atoms with Gasteiger partial charge in [0.15, 0.2) is 25.5 Å². The Hall–Kier alpha value is -2.40. The summed E-state index contributed by atoms with van der Waals surface area (Å²) in [6.07, 6.45) is -0.445. The molecule has 0 unspecified atom stereocenters. The summed E-state index contributed by atoms with van der Waals surface area (Å²) in [6, 6.07) is 7.46. The van der Waals surface area contributed by atoms with Crippen LogP contribution in [-0.2, 0) is 25.9 Å². The second-order valence-electron chi connectivity index (χ2n) is 10.5. The van der Waals surface area contributed by atoms with E-state index in [0.717, 1.165) is 43.7 Å². The molecule has 11 heteroatoms. The molecule has 0 aromatic heterocycles. The predicted molar refractivity (Wildman–Crippen MR) is 133 cm³/mol. The van der Waals surface area contributed by atoms with E-state index in [1.165, 1.54) is 32.0 Å². The van der Waals surface area contributed by atoms with E-state index in [-0.39, 0.29) is 39.2 Å². The number of aromatic hydroxyl groups is 1. The molecule has 6 nitrogen and oxygen atoms in total. The minimum absolute atomic E-state index is 0.0494. The number of ketones is 1. The van der Waals surface area contributed by atoms with Gasteiger partial charge in [-0.15, -0.1) is 0 Å². The molecule has 3 rings (SSSR count). The molecule has 1 N–H and O–H groups in total. The highest BCUT2D eigenvalue weighted by Gasteiger charge is 2.42. The maximum atomic E-state index is 13.1. The predicted octanol–water partition coefficient (Wildman–Crippen LogP) is 5.84. The minimum atomic E-state index is -4.63. The van der Waals surface area contributed by atoms with Gasteiger partial charge in [-0.2, -0.15) is 13.2 Å². The van der Waals surface area contributed by atoms with Crippen molar-refractivity contribution < 1.29 is 39.9 Å². The summed E-state index contributed by atoms with van der Waals surface area (Å²) >= 11 is 0. The molecule has 0 amide bonds. The van der Waals surface area contributed by atoms with Crippen molar-refractivity contribution in [3.8, 4) is 5.75 Å². The van der Waals surface area contributed by atoms with Gasteiger partial charge in [-0.25, -0.2) is 16.8 Å². The van der Waals surface area contributed by atoms with E-state index in [1.54, 1.807) is 0 Å². The van der Waals surface area contributed by atoms with Crippen molar-refractivity contribution in [1.82, 2.24) is 0 Å². The second-order valence-corrected chi connectivity index (χ2v) is 15.0. The molecule has 37 heavy (non-hydrogen) atoms. The first-order valence-corrected chi connectivity index (χ1v) is 15.3. The molecule has 1 aliphatic carbocycles. The molecular formula is C26H31F3O6S2. The van der Waals surface area contributed by atoms with E-state index in [9.17, 15) is 39.9 Å². The molecule has 0 spiro atoms. The van der Waals surface area contributed by atoms with Crippen molar-refractivity contribution in [3.63, 3.8) is 0 Å². The molecule has 0 aliphatic heterocycles. The van der Waals surface area contributed by atoms with Gasteiger partial charge in [0.1, 0.15) is 5.75 Å². The number of alkyl halides is 3. The van der Waals surface area contributed by atoms with Gasteiger partial charge < -0.3 is 5.11 Å². The number of Topliss-reactive ketones (excluding diaryl/α,β-unsaturated/α-hetero) is 1. The topological polar surface area (TPSA) is 106 Å². The Labute approximate surface area is 215 Å². The van der Waals surface area contributed by atoms with Crippen molar-refractivity contribution in [2.24, 2.45) is 11.8 Å². The van der Waals surface area contributed by atoms with Crippen LogP contribution in [0.15, 0.2) is 52.3 Å². The van der Waals surface area contributed by atoms with Crippen LogP contribution in [0, 0.1) is 11.8 Å². The number of phenols is 1. The Morgan fingerprint density at radius 2 is 1.65 bits per heavy atom. The lowest BCUT2D eigenvalue weighted by atomic mass is 9.69. The fraction of sp³-hybridized carbons (Fsp3) is 0.500. The van der Waals surface area contributed by atoms with E-state index < -0.39 is 36.2 Å². The number of hydrogen-bond acceptors (Lipinski definition) is 6.